The van der Waals surface area contributed by atoms with Gasteiger partial charge in [0.1, 0.15) is 0 Å². The van der Waals surface area contributed by atoms with Crippen molar-refractivity contribution in [1.29, 1.82) is 0 Å². The molecular formula is C18H32NP. The highest BCUT2D eigenvalue weighted by Gasteiger charge is 2.03. The van der Waals surface area contributed by atoms with Gasteiger partial charge in [0.2, 0.25) is 0 Å². The fraction of sp³-hybridized carbons (Fsp3) is 0.667. The quantitative estimate of drug-likeness (QED) is 0.501. The highest BCUT2D eigenvalue weighted by molar-refractivity contribution is 7.27. The Morgan fingerprint density at radius 3 is 1.95 bits per heavy atom. The van der Waals surface area contributed by atoms with E-state index < -0.39 is 0 Å². The van der Waals surface area contributed by atoms with Crippen LogP contribution in [0.5, 0.6) is 0 Å². The summed E-state index contributed by atoms with van der Waals surface area (Å²) in [5.41, 5.74) is 9.96. The van der Waals surface area contributed by atoms with Crippen molar-refractivity contribution in [3.05, 3.63) is 28.8 Å². The minimum absolute atomic E-state index is 0.855. The number of rotatable bonds is 10. The summed E-state index contributed by atoms with van der Waals surface area (Å²) in [7, 11) is 2.83. The van der Waals surface area contributed by atoms with Gasteiger partial charge in [-0.3, -0.25) is 0 Å². The summed E-state index contributed by atoms with van der Waals surface area (Å²) in [6.07, 6.45) is 12.0. The topological polar surface area (TPSA) is 26.0 Å². The molecule has 0 aliphatic heterocycles. The van der Waals surface area contributed by atoms with Crippen molar-refractivity contribution in [3.63, 3.8) is 0 Å². The van der Waals surface area contributed by atoms with Crippen molar-refractivity contribution in [3.8, 4) is 0 Å². The summed E-state index contributed by atoms with van der Waals surface area (Å²) in [6, 6.07) is 4.54. The van der Waals surface area contributed by atoms with E-state index in [9.17, 15) is 0 Å². The molecule has 0 fully saturated rings. The number of hydrogen-bond donors (Lipinski definition) is 1. The van der Waals surface area contributed by atoms with Gasteiger partial charge in [0.25, 0.3) is 0 Å². The molecule has 1 unspecified atom stereocenters. The van der Waals surface area contributed by atoms with Gasteiger partial charge < -0.3 is 5.73 Å². The number of hydrogen-bond acceptors (Lipinski definition) is 1. The van der Waals surface area contributed by atoms with Crippen LogP contribution in [0.4, 0.5) is 0 Å². The van der Waals surface area contributed by atoms with Crippen LogP contribution < -0.4 is 11.0 Å². The predicted molar refractivity (Wildman–Crippen MR) is 95.0 cm³/mol. The zero-order valence-electron chi connectivity index (χ0n) is 13.4. The van der Waals surface area contributed by atoms with Crippen LogP contribution in [0.3, 0.4) is 0 Å². The SMILES string of the molecule is Cc1c(P)ccc(CCCCCCCCCCN)c1C. The second kappa shape index (κ2) is 10.4. The van der Waals surface area contributed by atoms with E-state index in [2.05, 4.69) is 35.2 Å². The van der Waals surface area contributed by atoms with Gasteiger partial charge in [-0.1, -0.05) is 50.7 Å². The molecule has 2 heteroatoms. The molecule has 0 heterocycles. The van der Waals surface area contributed by atoms with Gasteiger partial charge in [-0.25, -0.2) is 0 Å². The van der Waals surface area contributed by atoms with Crippen LogP contribution in [0, 0.1) is 13.8 Å². The van der Waals surface area contributed by atoms with Crippen LogP contribution in [-0.2, 0) is 6.42 Å². The minimum Gasteiger partial charge on any atom is -0.330 e. The lowest BCUT2D eigenvalue weighted by atomic mass is 9.98. The summed E-state index contributed by atoms with van der Waals surface area (Å²) in [4.78, 5) is 0. The third kappa shape index (κ3) is 6.37. The minimum atomic E-state index is 0.855. The van der Waals surface area contributed by atoms with Gasteiger partial charge in [0, 0.05) is 0 Å². The molecule has 0 amide bonds. The first kappa shape index (κ1) is 17.7. The fourth-order valence-corrected chi connectivity index (χ4v) is 3.00. The normalized spacial score (nSPS) is 11.0. The highest BCUT2D eigenvalue weighted by Crippen LogP contribution is 2.17. The molecule has 1 rings (SSSR count). The Hall–Kier alpha value is -0.390. The lowest BCUT2D eigenvalue weighted by Gasteiger charge is -2.11. The second-order valence-electron chi connectivity index (χ2n) is 5.93. The van der Waals surface area contributed by atoms with Crippen molar-refractivity contribution in [2.24, 2.45) is 5.73 Å². The Morgan fingerprint density at radius 1 is 0.800 bits per heavy atom. The number of nitrogens with two attached hydrogens (primary N) is 1. The molecular weight excluding hydrogens is 261 g/mol. The lowest BCUT2D eigenvalue weighted by molar-refractivity contribution is 0.569. The molecule has 20 heavy (non-hydrogen) atoms. The van der Waals surface area contributed by atoms with Crippen LogP contribution in [-0.4, -0.2) is 6.54 Å². The zero-order chi connectivity index (χ0) is 14.8. The molecule has 0 saturated carbocycles. The first-order valence-corrected chi connectivity index (χ1v) is 8.79. The molecule has 0 radical (unpaired) electrons. The van der Waals surface area contributed by atoms with Crippen LogP contribution in [0.25, 0.3) is 0 Å². The van der Waals surface area contributed by atoms with Crippen LogP contribution in [0.1, 0.15) is 68.1 Å². The average Bonchev–Trinajstić information content (AvgIpc) is 2.45. The van der Waals surface area contributed by atoms with Crippen molar-refractivity contribution < 1.29 is 0 Å². The first-order chi connectivity index (χ1) is 9.66. The maximum absolute atomic E-state index is 5.50. The molecule has 1 atom stereocenters. The average molecular weight is 293 g/mol. The number of aryl methyl sites for hydroxylation is 1. The molecule has 0 aromatic heterocycles. The van der Waals surface area contributed by atoms with Crippen molar-refractivity contribution in [1.82, 2.24) is 0 Å². The molecule has 2 N–H and O–H groups in total. The van der Waals surface area contributed by atoms with Crippen LogP contribution in [0.15, 0.2) is 12.1 Å². The van der Waals surface area contributed by atoms with E-state index in [1.54, 1.807) is 0 Å². The first-order valence-electron chi connectivity index (χ1n) is 8.21. The molecule has 0 bridgehead atoms. The molecule has 1 aromatic rings. The van der Waals surface area contributed by atoms with Gasteiger partial charge in [-0.05, 0) is 61.6 Å². The molecule has 0 saturated heterocycles. The smallest absolute Gasteiger partial charge is 0.00773 e. The second-order valence-corrected chi connectivity index (χ2v) is 6.55. The van der Waals surface area contributed by atoms with E-state index >= 15 is 0 Å². The maximum atomic E-state index is 5.50. The molecule has 0 aliphatic carbocycles. The van der Waals surface area contributed by atoms with Gasteiger partial charge >= 0.3 is 0 Å². The summed E-state index contributed by atoms with van der Waals surface area (Å²) < 4.78 is 0. The number of unbranched alkanes of at least 4 members (excludes halogenated alkanes) is 7. The van der Waals surface area contributed by atoms with Crippen LogP contribution in [0.2, 0.25) is 0 Å². The lowest BCUT2D eigenvalue weighted by Crippen LogP contribution is -2.03. The zero-order valence-corrected chi connectivity index (χ0v) is 14.5. The third-order valence-corrected chi connectivity index (χ3v) is 4.97. The van der Waals surface area contributed by atoms with Gasteiger partial charge in [-0.2, -0.15) is 0 Å². The van der Waals surface area contributed by atoms with E-state index in [1.165, 1.54) is 79.8 Å². The summed E-state index contributed by atoms with van der Waals surface area (Å²) in [6.45, 7) is 5.34. The molecule has 0 aliphatic rings. The van der Waals surface area contributed by atoms with E-state index in [1.807, 2.05) is 0 Å². The van der Waals surface area contributed by atoms with Crippen molar-refractivity contribution in [2.75, 3.05) is 6.54 Å². The van der Waals surface area contributed by atoms with Gasteiger partial charge in [0.05, 0.1) is 0 Å². The predicted octanol–water partition coefficient (Wildman–Crippen LogP) is 4.43. The van der Waals surface area contributed by atoms with E-state index in [-0.39, 0.29) is 0 Å². The molecule has 1 nitrogen and oxygen atoms in total. The Morgan fingerprint density at radius 2 is 1.35 bits per heavy atom. The summed E-state index contributed by atoms with van der Waals surface area (Å²) in [5, 5.41) is 1.34. The molecule has 1 aromatic carbocycles. The van der Waals surface area contributed by atoms with E-state index in [4.69, 9.17) is 5.73 Å². The Labute approximate surface area is 127 Å². The Kier molecular flexibility index (Phi) is 9.14. The largest absolute Gasteiger partial charge is 0.330 e. The summed E-state index contributed by atoms with van der Waals surface area (Å²) in [5.74, 6) is 0. The monoisotopic (exact) mass is 293 g/mol. The van der Waals surface area contributed by atoms with Gasteiger partial charge in [0.15, 0.2) is 0 Å². The Bertz CT molecular complexity index is 387. The maximum Gasteiger partial charge on any atom is -0.00773 e. The van der Waals surface area contributed by atoms with Crippen LogP contribution >= 0.6 is 9.24 Å². The van der Waals surface area contributed by atoms with E-state index in [0.717, 1.165) is 6.54 Å². The molecule has 0 spiro atoms. The van der Waals surface area contributed by atoms with Gasteiger partial charge in [-0.15, -0.1) is 9.24 Å². The van der Waals surface area contributed by atoms with Crippen molar-refractivity contribution >= 4 is 14.5 Å². The molecule has 114 valence electrons. The summed E-state index contributed by atoms with van der Waals surface area (Å²) >= 11 is 0. The standard InChI is InChI=1S/C18H32NP/c1-15-16(2)18(20)13-12-17(15)11-9-7-5-3-4-6-8-10-14-19/h12-13H,3-11,14,19-20H2,1-2H3. The third-order valence-electron chi connectivity index (χ3n) is 4.34. The van der Waals surface area contributed by atoms with E-state index in [0.29, 0.717) is 0 Å². The Balaban J connectivity index is 2.11. The highest BCUT2D eigenvalue weighted by atomic mass is 31.0. The van der Waals surface area contributed by atoms with Crippen molar-refractivity contribution in [2.45, 2.75) is 71.6 Å². The fourth-order valence-electron chi connectivity index (χ4n) is 2.69. The number of benzene rings is 1.